The molecule has 124 valence electrons. The van der Waals surface area contributed by atoms with E-state index in [1.54, 1.807) is 0 Å². The number of halogens is 1. The second kappa shape index (κ2) is 7.38. The zero-order valence-corrected chi connectivity index (χ0v) is 16.0. The van der Waals surface area contributed by atoms with Gasteiger partial charge in [0.1, 0.15) is 0 Å². The molecule has 0 bridgehead atoms. The molecule has 0 radical (unpaired) electrons. The van der Waals surface area contributed by atoms with E-state index in [0.717, 1.165) is 23.4 Å². The quantitative estimate of drug-likeness (QED) is 0.408. The molecular formula is C20H20INO2. The Morgan fingerprint density at radius 2 is 2.00 bits per heavy atom. The van der Waals surface area contributed by atoms with Crippen LogP contribution in [0.2, 0.25) is 0 Å². The highest BCUT2D eigenvalue weighted by Gasteiger charge is 2.26. The van der Waals surface area contributed by atoms with E-state index in [1.165, 1.54) is 18.2 Å². The summed E-state index contributed by atoms with van der Waals surface area (Å²) in [6, 6.07) is 16.5. The third-order valence-electron chi connectivity index (χ3n) is 4.24. The highest BCUT2D eigenvalue weighted by atomic mass is 127. The first-order valence-electron chi connectivity index (χ1n) is 7.98. The zero-order chi connectivity index (χ0) is 17.1. The Morgan fingerprint density at radius 3 is 2.75 bits per heavy atom. The molecule has 1 unspecified atom stereocenters. The van der Waals surface area contributed by atoms with Gasteiger partial charge in [-0.3, -0.25) is 0 Å². The molecule has 2 aromatic carbocycles. The summed E-state index contributed by atoms with van der Waals surface area (Å²) in [6.07, 6.45) is 1.62. The van der Waals surface area contributed by atoms with Gasteiger partial charge in [-0.2, -0.15) is 0 Å². The highest BCUT2D eigenvalue weighted by Crippen LogP contribution is 2.40. The van der Waals surface area contributed by atoms with Gasteiger partial charge in [-0.05, 0) is 43.0 Å². The fraction of sp³-hybridized carbons (Fsp3) is 0.250. The molecule has 1 aliphatic carbocycles. The Kier molecular flexibility index (Phi) is 5.23. The van der Waals surface area contributed by atoms with Gasteiger partial charge in [-0.15, -0.1) is 0 Å². The maximum atomic E-state index is 12.4. The van der Waals surface area contributed by atoms with Gasteiger partial charge in [-0.25, -0.2) is 4.79 Å². The number of carbonyl (C=O) groups excluding carboxylic acids is 1. The van der Waals surface area contributed by atoms with Crippen LogP contribution in [-0.4, -0.2) is 13.1 Å². The molecule has 0 saturated carbocycles. The lowest BCUT2D eigenvalue weighted by atomic mass is 10.0. The van der Waals surface area contributed by atoms with Gasteiger partial charge in [0.2, 0.25) is 0 Å². The number of benzene rings is 2. The topological polar surface area (TPSA) is 38.3 Å². The van der Waals surface area contributed by atoms with Gasteiger partial charge < -0.3 is 10.1 Å². The van der Waals surface area contributed by atoms with Gasteiger partial charge in [-0.1, -0.05) is 59.0 Å². The lowest BCUT2D eigenvalue weighted by Crippen LogP contribution is -2.11. The number of fused-ring (bicyclic) bond motifs is 1. The summed E-state index contributed by atoms with van der Waals surface area (Å²) >= 11 is 2.46. The van der Waals surface area contributed by atoms with Crippen molar-refractivity contribution in [3.05, 3.63) is 70.8 Å². The number of nitrogens with one attached hydrogen (secondary N) is 1. The largest absolute Gasteiger partial charge is 0.466 e. The number of rotatable bonds is 3. The molecule has 1 atom stereocenters. The van der Waals surface area contributed by atoms with Crippen molar-refractivity contribution in [3.8, 4) is 0 Å². The van der Waals surface area contributed by atoms with Crippen molar-refractivity contribution in [1.82, 2.24) is 0 Å². The molecule has 1 N–H and O–H groups in total. The van der Waals surface area contributed by atoms with Crippen LogP contribution in [0.25, 0.3) is 5.70 Å². The average Bonchev–Trinajstić information content (AvgIpc) is 2.73. The first-order valence-corrected chi connectivity index (χ1v) is 9.23. The molecule has 24 heavy (non-hydrogen) atoms. The molecule has 2 aromatic rings. The van der Waals surface area contributed by atoms with Gasteiger partial charge >= 0.3 is 5.97 Å². The maximum Gasteiger partial charge on any atom is 0.335 e. The summed E-state index contributed by atoms with van der Waals surface area (Å²) in [4.78, 5) is 12.4. The fourth-order valence-corrected chi connectivity index (χ4v) is 3.90. The van der Waals surface area contributed by atoms with Crippen molar-refractivity contribution >= 4 is 39.9 Å². The van der Waals surface area contributed by atoms with E-state index in [2.05, 4.69) is 65.2 Å². The van der Waals surface area contributed by atoms with E-state index < -0.39 is 0 Å². The molecule has 0 saturated heterocycles. The third kappa shape index (κ3) is 3.48. The van der Waals surface area contributed by atoms with Crippen LogP contribution in [0.1, 0.15) is 33.5 Å². The normalized spacial score (nSPS) is 17.0. The SMILES string of the molecule is COC(=O)C1=C(Nc2cccc(C)c2)c2ccccc2C(I)CC1. The van der Waals surface area contributed by atoms with Crippen molar-refractivity contribution in [2.45, 2.75) is 23.7 Å². The van der Waals surface area contributed by atoms with Crippen molar-refractivity contribution in [2.75, 3.05) is 12.4 Å². The Hall–Kier alpha value is -1.82. The maximum absolute atomic E-state index is 12.4. The Morgan fingerprint density at radius 1 is 1.21 bits per heavy atom. The molecule has 0 amide bonds. The predicted octanol–water partition coefficient (Wildman–Crippen LogP) is 5.26. The molecule has 0 fully saturated rings. The zero-order valence-electron chi connectivity index (χ0n) is 13.8. The van der Waals surface area contributed by atoms with E-state index >= 15 is 0 Å². The monoisotopic (exact) mass is 433 g/mol. The standard InChI is InChI=1S/C20H20INO2/c1-13-6-5-7-14(12-13)22-19-16-9-4-3-8-15(16)18(21)11-10-17(19)20(23)24-2/h3-9,12,18,22H,10-11H2,1-2H3. The van der Waals surface area contributed by atoms with Gasteiger partial charge in [0, 0.05) is 15.2 Å². The van der Waals surface area contributed by atoms with Crippen molar-refractivity contribution < 1.29 is 9.53 Å². The molecule has 0 spiro atoms. The third-order valence-corrected chi connectivity index (χ3v) is 5.53. The van der Waals surface area contributed by atoms with Gasteiger partial charge in [0.05, 0.1) is 18.4 Å². The van der Waals surface area contributed by atoms with E-state index in [4.69, 9.17) is 4.74 Å². The number of ether oxygens (including phenoxy) is 1. The van der Waals surface area contributed by atoms with Crippen LogP contribution in [0.5, 0.6) is 0 Å². The minimum Gasteiger partial charge on any atom is -0.466 e. The summed E-state index contributed by atoms with van der Waals surface area (Å²) in [6.45, 7) is 2.06. The lowest BCUT2D eigenvalue weighted by molar-refractivity contribution is -0.136. The Balaban J connectivity index is 2.14. The van der Waals surface area contributed by atoms with E-state index in [0.29, 0.717) is 15.9 Å². The number of hydrogen-bond acceptors (Lipinski definition) is 3. The number of methoxy groups -OCH3 is 1. The van der Waals surface area contributed by atoms with Crippen LogP contribution in [0.4, 0.5) is 5.69 Å². The number of anilines is 1. The van der Waals surface area contributed by atoms with Crippen molar-refractivity contribution in [2.24, 2.45) is 0 Å². The molecule has 0 heterocycles. The van der Waals surface area contributed by atoms with Crippen LogP contribution >= 0.6 is 22.6 Å². The molecule has 3 rings (SSSR count). The molecular weight excluding hydrogens is 413 g/mol. The highest BCUT2D eigenvalue weighted by molar-refractivity contribution is 14.1. The van der Waals surface area contributed by atoms with Gasteiger partial charge in [0.15, 0.2) is 0 Å². The van der Waals surface area contributed by atoms with Crippen LogP contribution in [0, 0.1) is 6.92 Å². The summed E-state index contributed by atoms with van der Waals surface area (Å²) < 4.78 is 5.42. The molecule has 0 aromatic heterocycles. The summed E-state index contributed by atoms with van der Waals surface area (Å²) in [5, 5.41) is 3.48. The number of esters is 1. The number of carbonyl (C=O) groups is 1. The second-order valence-corrected chi connectivity index (χ2v) is 7.44. The summed E-state index contributed by atoms with van der Waals surface area (Å²) in [5.41, 5.74) is 6.07. The summed E-state index contributed by atoms with van der Waals surface area (Å²) in [5.74, 6) is -0.259. The second-order valence-electron chi connectivity index (χ2n) is 5.93. The molecule has 4 heteroatoms. The van der Waals surface area contributed by atoms with E-state index in [1.807, 2.05) is 18.2 Å². The molecule has 0 aliphatic heterocycles. The van der Waals surface area contributed by atoms with Crippen LogP contribution in [-0.2, 0) is 9.53 Å². The average molecular weight is 433 g/mol. The van der Waals surface area contributed by atoms with Gasteiger partial charge in [0.25, 0.3) is 0 Å². The van der Waals surface area contributed by atoms with E-state index in [-0.39, 0.29) is 5.97 Å². The lowest BCUT2D eigenvalue weighted by Gasteiger charge is -2.17. The van der Waals surface area contributed by atoms with Crippen molar-refractivity contribution in [1.29, 1.82) is 0 Å². The number of alkyl halides is 1. The summed E-state index contributed by atoms with van der Waals surface area (Å²) in [7, 11) is 1.44. The first-order chi connectivity index (χ1) is 11.6. The van der Waals surface area contributed by atoms with Crippen LogP contribution in [0.3, 0.4) is 0 Å². The minimum atomic E-state index is -0.259. The molecule has 3 nitrogen and oxygen atoms in total. The predicted molar refractivity (Wildman–Crippen MR) is 106 cm³/mol. The Bertz CT molecular complexity index is 798. The van der Waals surface area contributed by atoms with Crippen LogP contribution in [0.15, 0.2) is 54.1 Å². The van der Waals surface area contributed by atoms with E-state index in [9.17, 15) is 4.79 Å². The molecule has 1 aliphatic rings. The van der Waals surface area contributed by atoms with Crippen molar-refractivity contribution in [3.63, 3.8) is 0 Å². The minimum absolute atomic E-state index is 0.259. The van der Waals surface area contributed by atoms with Crippen LogP contribution < -0.4 is 5.32 Å². The smallest absolute Gasteiger partial charge is 0.335 e. The fourth-order valence-electron chi connectivity index (χ4n) is 3.05. The number of aryl methyl sites for hydroxylation is 1. The number of hydrogen-bond donors (Lipinski definition) is 1. The first kappa shape index (κ1) is 17.0. The Labute approximate surface area is 156 Å².